The van der Waals surface area contributed by atoms with E-state index in [9.17, 15) is 34.5 Å². The lowest BCUT2D eigenvalue weighted by molar-refractivity contribution is 0.0683. The van der Waals surface area contributed by atoms with Gasteiger partial charge < -0.3 is 35.4 Å². The molecule has 11 heteroatoms. The zero-order valence-corrected chi connectivity index (χ0v) is 29.1. The number of nitrogens with one attached hydrogen (secondary N) is 2. The molecule has 6 aromatic carbocycles. The van der Waals surface area contributed by atoms with E-state index in [1.807, 2.05) is 48.5 Å². The molecule has 270 valence electrons. The third-order valence-electron chi connectivity index (χ3n) is 8.73. The van der Waals surface area contributed by atoms with Crippen LogP contribution in [-0.4, -0.2) is 39.1 Å². The quantitative estimate of drug-likeness (QED) is 0.0826. The van der Waals surface area contributed by atoms with E-state index in [0.29, 0.717) is 34.4 Å². The Bertz CT molecular complexity index is 2330. The average molecular weight is 723 g/mol. The van der Waals surface area contributed by atoms with E-state index in [1.54, 1.807) is 60.7 Å². The van der Waals surface area contributed by atoms with Gasteiger partial charge in [-0.05, 0) is 114 Å². The minimum absolute atomic E-state index is 0.0684. The Kier molecular flexibility index (Phi) is 10.4. The molecule has 0 atom stereocenters. The molecule has 54 heavy (non-hydrogen) atoms. The number of aromatic carboxylic acids is 2. The molecule has 0 heterocycles. The maximum Gasteiger partial charge on any atom is 0.336 e. The highest BCUT2D eigenvalue weighted by molar-refractivity contribution is 6.11. The van der Waals surface area contributed by atoms with E-state index < -0.39 is 23.8 Å². The van der Waals surface area contributed by atoms with E-state index in [0.717, 1.165) is 17.2 Å². The number of carbonyl (C=O) groups excluding carboxylic acids is 2. The first kappa shape index (κ1) is 36.4. The van der Waals surface area contributed by atoms with Crippen molar-refractivity contribution in [3.63, 3.8) is 0 Å². The molecule has 0 bridgehead atoms. The number of aromatic hydroxyl groups is 1. The summed E-state index contributed by atoms with van der Waals surface area (Å²) in [5.74, 6) is -1.55. The maximum atomic E-state index is 12.7. The summed E-state index contributed by atoms with van der Waals surface area (Å²) < 4.78 is 12.0. The smallest absolute Gasteiger partial charge is 0.336 e. The first-order valence-corrected chi connectivity index (χ1v) is 16.7. The molecule has 0 fully saturated rings. The summed E-state index contributed by atoms with van der Waals surface area (Å²) in [5, 5.41) is 33.9. The molecule has 2 amide bonds. The highest BCUT2D eigenvalue weighted by Gasteiger charge is 2.24. The number of hydrogen-bond donors (Lipinski definition) is 5. The number of hydrogen-bond acceptors (Lipinski definition) is 7. The molecule has 6 aromatic rings. The summed E-state index contributed by atoms with van der Waals surface area (Å²) in [5.41, 5.74) is 2.27. The van der Waals surface area contributed by atoms with Crippen LogP contribution in [-0.2, 0) is 5.41 Å². The number of carboxylic acid groups (broad SMARTS) is 2. The number of benzene rings is 6. The molecule has 11 nitrogen and oxygen atoms in total. The van der Waals surface area contributed by atoms with Gasteiger partial charge in [-0.1, -0.05) is 50.2 Å². The van der Waals surface area contributed by atoms with Crippen molar-refractivity contribution in [1.29, 1.82) is 0 Å². The highest BCUT2D eigenvalue weighted by Crippen LogP contribution is 2.35. The zero-order chi connectivity index (χ0) is 38.4. The standard InChI is InChI=1S/C43H34N2O9/c1-43(2,26-7-16-31(17-8-26)53-33-20-11-28(12-21-33)44-39(47)35-5-3-4-6-36(35)41(49)50)27-9-18-32(19-10-27)54-34-22-13-29(14-23-34)45-40(48)38-25-30(46)15-24-37(38)42(51)52/h3-25,46H,1-2H3,(H,44,47)(H,45,48)(H,49,50)(H,51,52). The van der Waals surface area contributed by atoms with Gasteiger partial charge in [-0.2, -0.15) is 0 Å². The number of ether oxygens (including phenoxy) is 2. The normalized spacial score (nSPS) is 10.9. The van der Waals surface area contributed by atoms with Gasteiger partial charge in [0.15, 0.2) is 0 Å². The molecule has 0 aromatic heterocycles. The van der Waals surface area contributed by atoms with E-state index in [1.165, 1.54) is 24.3 Å². The van der Waals surface area contributed by atoms with Crippen LogP contribution in [0, 0.1) is 0 Å². The van der Waals surface area contributed by atoms with Gasteiger partial charge in [0.05, 0.1) is 22.3 Å². The molecule has 0 unspecified atom stereocenters. The number of anilines is 2. The maximum absolute atomic E-state index is 12.7. The Morgan fingerprint density at radius 2 is 0.852 bits per heavy atom. The fourth-order valence-corrected chi connectivity index (χ4v) is 5.70. The summed E-state index contributed by atoms with van der Waals surface area (Å²) in [6.07, 6.45) is 0. The van der Waals surface area contributed by atoms with Crippen LogP contribution >= 0.6 is 0 Å². The summed E-state index contributed by atoms with van der Waals surface area (Å²) in [4.78, 5) is 48.4. The molecule has 0 radical (unpaired) electrons. The van der Waals surface area contributed by atoms with Gasteiger partial charge in [-0.3, -0.25) is 9.59 Å². The second-order valence-corrected chi connectivity index (χ2v) is 12.7. The summed E-state index contributed by atoms with van der Waals surface area (Å²) in [6, 6.07) is 38.4. The lowest BCUT2D eigenvalue weighted by Crippen LogP contribution is -2.18. The monoisotopic (exact) mass is 722 g/mol. The molecule has 0 aliphatic heterocycles. The van der Waals surface area contributed by atoms with E-state index >= 15 is 0 Å². The second-order valence-electron chi connectivity index (χ2n) is 12.7. The molecule has 0 aliphatic carbocycles. The minimum atomic E-state index is -1.28. The minimum Gasteiger partial charge on any atom is -0.508 e. The van der Waals surface area contributed by atoms with Crippen molar-refractivity contribution in [3.8, 4) is 28.7 Å². The van der Waals surface area contributed by atoms with E-state index in [4.69, 9.17) is 9.47 Å². The Morgan fingerprint density at radius 1 is 0.481 bits per heavy atom. The molecular formula is C43H34N2O9. The number of amides is 2. The van der Waals surface area contributed by atoms with Crippen LogP contribution in [0.25, 0.3) is 0 Å². The van der Waals surface area contributed by atoms with Crippen LogP contribution in [0.3, 0.4) is 0 Å². The molecule has 0 saturated heterocycles. The Morgan fingerprint density at radius 3 is 1.28 bits per heavy atom. The van der Waals surface area contributed by atoms with Gasteiger partial charge >= 0.3 is 11.9 Å². The lowest BCUT2D eigenvalue weighted by atomic mass is 9.78. The number of rotatable bonds is 12. The largest absolute Gasteiger partial charge is 0.508 e. The molecule has 0 spiro atoms. The van der Waals surface area contributed by atoms with Crippen LogP contribution in [0.1, 0.15) is 66.4 Å². The van der Waals surface area contributed by atoms with Crippen molar-refractivity contribution in [1.82, 2.24) is 0 Å². The van der Waals surface area contributed by atoms with Crippen LogP contribution < -0.4 is 20.1 Å². The molecule has 6 rings (SSSR count). The average Bonchev–Trinajstić information content (AvgIpc) is 3.16. The van der Waals surface area contributed by atoms with Crippen molar-refractivity contribution in [2.24, 2.45) is 0 Å². The third kappa shape index (κ3) is 8.38. The molecule has 0 saturated carbocycles. The third-order valence-corrected chi connectivity index (χ3v) is 8.73. The van der Waals surface area contributed by atoms with Gasteiger partial charge in [0.1, 0.15) is 28.7 Å². The SMILES string of the molecule is CC(C)(c1ccc(Oc2ccc(NC(=O)c3ccccc3C(=O)O)cc2)cc1)c1ccc(Oc2ccc(NC(=O)c3cc(O)ccc3C(=O)O)cc2)cc1. The zero-order valence-electron chi connectivity index (χ0n) is 29.1. The van der Waals surface area contributed by atoms with Gasteiger partial charge in [0, 0.05) is 16.8 Å². The molecular weight excluding hydrogens is 688 g/mol. The number of phenols is 1. The van der Waals surface area contributed by atoms with Crippen LogP contribution in [0.4, 0.5) is 11.4 Å². The lowest BCUT2D eigenvalue weighted by Gasteiger charge is -2.26. The van der Waals surface area contributed by atoms with Crippen molar-refractivity contribution in [3.05, 3.63) is 173 Å². The number of phenolic OH excluding ortho intramolecular Hbond substituents is 1. The summed E-state index contributed by atoms with van der Waals surface area (Å²) in [6.45, 7) is 4.23. The van der Waals surface area contributed by atoms with Crippen molar-refractivity contribution < 1.29 is 44.0 Å². The number of carbonyl (C=O) groups is 4. The topological polar surface area (TPSA) is 171 Å². The van der Waals surface area contributed by atoms with Crippen molar-refractivity contribution >= 4 is 35.1 Å². The van der Waals surface area contributed by atoms with Crippen molar-refractivity contribution in [2.75, 3.05) is 10.6 Å². The second kappa shape index (κ2) is 15.5. The fourth-order valence-electron chi connectivity index (χ4n) is 5.70. The molecule has 5 N–H and O–H groups in total. The molecule has 0 aliphatic rings. The van der Waals surface area contributed by atoms with Crippen molar-refractivity contribution in [2.45, 2.75) is 19.3 Å². The Balaban J connectivity index is 1.04. The number of carboxylic acids is 2. The predicted octanol–water partition coefficient (Wildman–Crippen LogP) is 9.20. The van der Waals surface area contributed by atoms with Gasteiger partial charge in [0.25, 0.3) is 11.8 Å². The van der Waals surface area contributed by atoms with Crippen LogP contribution in [0.15, 0.2) is 140 Å². The fraction of sp³-hybridized carbons (Fsp3) is 0.0698. The summed E-state index contributed by atoms with van der Waals surface area (Å²) in [7, 11) is 0. The van der Waals surface area contributed by atoms with Crippen LogP contribution in [0.2, 0.25) is 0 Å². The van der Waals surface area contributed by atoms with Gasteiger partial charge in [-0.25, -0.2) is 9.59 Å². The van der Waals surface area contributed by atoms with E-state index in [-0.39, 0.29) is 33.4 Å². The Hall–Kier alpha value is -7.40. The van der Waals surface area contributed by atoms with E-state index in [2.05, 4.69) is 24.5 Å². The van der Waals surface area contributed by atoms with Gasteiger partial charge in [0.2, 0.25) is 0 Å². The first-order chi connectivity index (χ1) is 25.9. The predicted molar refractivity (Wildman–Crippen MR) is 202 cm³/mol. The Labute approximate surface area is 310 Å². The summed E-state index contributed by atoms with van der Waals surface area (Å²) >= 11 is 0. The highest BCUT2D eigenvalue weighted by atomic mass is 16.5. The first-order valence-electron chi connectivity index (χ1n) is 16.7. The van der Waals surface area contributed by atoms with Gasteiger partial charge in [-0.15, -0.1) is 0 Å². The van der Waals surface area contributed by atoms with Crippen LogP contribution in [0.5, 0.6) is 28.7 Å².